The van der Waals surface area contributed by atoms with E-state index in [2.05, 4.69) is 16.8 Å². The molecule has 0 radical (unpaired) electrons. The lowest BCUT2D eigenvalue weighted by Crippen LogP contribution is -1.88. The summed E-state index contributed by atoms with van der Waals surface area (Å²) in [5.74, 6) is 0.367. The first-order chi connectivity index (χ1) is 9.74. The van der Waals surface area contributed by atoms with Crippen LogP contribution in [0.5, 0.6) is 11.5 Å². The van der Waals surface area contributed by atoms with Gasteiger partial charge in [-0.2, -0.15) is 5.11 Å². The van der Waals surface area contributed by atoms with Crippen molar-refractivity contribution in [1.29, 1.82) is 0 Å². The number of rotatable bonds is 5. The number of hydrogen-bond acceptors (Lipinski definition) is 4. The maximum absolute atomic E-state index is 10.1. The lowest BCUT2D eigenvalue weighted by Gasteiger charge is -2.08. The zero-order valence-electron chi connectivity index (χ0n) is 11.3. The van der Waals surface area contributed by atoms with Crippen LogP contribution in [0.4, 0.5) is 11.4 Å². The molecule has 0 unspecified atom stereocenters. The van der Waals surface area contributed by atoms with Crippen molar-refractivity contribution in [3.8, 4) is 11.5 Å². The minimum atomic E-state index is -0.0139. The topological polar surface area (TPSA) is 54.2 Å². The molecule has 0 spiro atoms. The van der Waals surface area contributed by atoms with E-state index < -0.39 is 0 Å². The number of hydrogen-bond donors (Lipinski definition) is 1. The van der Waals surface area contributed by atoms with E-state index in [0.29, 0.717) is 17.9 Å². The van der Waals surface area contributed by atoms with E-state index in [-0.39, 0.29) is 5.75 Å². The molecule has 2 aromatic carbocycles. The van der Waals surface area contributed by atoms with Gasteiger partial charge in [0.15, 0.2) is 11.5 Å². The van der Waals surface area contributed by atoms with E-state index in [1.54, 1.807) is 18.2 Å². The fourth-order valence-corrected chi connectivity index (χ4v) is 1.77. The molecule has 4 nitrogen and oxygen atoms in total. The number of phenolic OH excluding ortho intramolecular Hbond substituents is 1. The Bertz CT molecular complexity index is 622. The monoisotopic (exact) mass is 268 g/mol. The number of allylic oxidation sites excluding steroid dienone is 1. The number of azo groups is 1. The van der Waals surface area contributed by atoms with E-state index in [9.17, 15) is 5.11 Å². The summed E-state index contributed by atoms with van der Waals surface area (Å²) >= 11 is 0. The lowest BCUT2D eigenvalue weighted by atomic mass is 10.1. The smallest absolute Gasteiger partial charge is 0.185 e. The van der Waals surface area contributed by atoms with Gasteiger partial charge in [-0.3, -0.25) is 0 Å². The Balaban J connectivity index is 2.37. The third-order valence-electron chi connectivity index (χ3n) is 2.74. The summed E-state index contributed by atoms with van der Waals surface area (Å²) in [7, 11) is 1.50. The molecule has 0 aliphatic heterocycles. The Kier molecular flexibility index (Phi) is 4.50. The highest BCUT2D eigenvalue weighted by Crippen LogP contribution is 2.38. The predicted octanol–water partition coefficient (Wildman–Crippen LogP) is 4.54. The highest BCUT2D eigenvalue weighted by Gasteiger charge is 2.09. The number of ether oxygens (including phenoxy) is 1. The van der Waals surface area contributed by atoms with E-state index in [1.807, 2.05) is 30.3 Å². The summed E-state index contributed by atoms with van der Waals surface area (Å²) in [5, 5.41) is 18.2. The van der Waals surface area contributed by atoms with Gasteiger partial charge in [-0.1, -0.05) is 24.3 Å². The number of methoxy groups -OCH3 is 1. The molecule has 0 amide bonds. The van der Waals surface area contributed by atoms with Crippen molar-refractivity contribution in [2.75, 3.05) is 7.11 Å². The molecule has 102 valence electrons. The van der Waals surface area contributed by atoms with Gasteiger partial charge in [0.05, 0.1) is 12.8 Å². The summed E-state index contributed by atoms with van der Waals surface area (Å²) < 4.78 is 5.14. The van der Waals surface area contributed by atoms with Crippen LogP contribution >= 0.6 is 0 Å². The van der Waals surface area contributed by atoms with Gasteiger partial charge in [0.2, 0.25) is 0 Å². The van der Waals surface area contributed by atoms with E-state index in [4.69, 9.17) is 4.74 Å². The van der Waals surface area contributed by atoms with Gasteiger partial charge in [-0.15, -0.1) is 11.7 Å². The van der Waals surface area contributed by atoms with Crippen LogP contribution in [0.25, 0.3) is 0 Å². The Hall–Kier alpha value is -2.62. The summed E-state index contributed by atoms with van der Waals surface area (Å²) in [5.41, 5.74) is 2.06. The summed E-state index contributed by atoms with van der Waals surface area (Å²) in [6.45, 7) is 3.70. The van der Waals surface area contributed by atoms with Gasteiger partial charge in [0.1, 0.15) is 5.69 Å². The Morgan fingerprint density at radius 2 is 1.95 bits per heavy atom. The first kappa shape index (κ1) is 13.8. The van der Waals surface area contributed by atoms with Crippen LogP contribution in [0, 0.1) is 0 Å². The van der Waals surface area contributed by atoms with E-state index in [0.717, 1.165) is 11.3 Å². The SMILES string of the molecule is C=CCc1cc(N=Nc2ccccc2)c(O)c(OC)c1. The molecule has 0 heterocycles. The van der Waals surface area contributed by atoms with Crippen LogP contribution < -0.4 is 4.74 Å². The second-order valence-corrected chi connectivity index (χ2v) is 4.19. The maximum atomic E-state index is 10.1. The molecule has 2 rings (SSSR count). The standard InChI is InChI=1S/C16H16N2O2/c1-3-7-12-10-14(16(19)15(11-12)20-2)18-17-13-8-5-4-6-9-13/h3-6,8-11,19H,1,7H2,2H3. The largest absolute Gasteiger partial charge is 0.503 e. The normalized spacial score (nSPS) is 10.7. The van der Waals surface area contributed by atoms with Crippen molar-refractivity contribution in [1.82, 2.24) is 0 Å². The summed E-state index contributed by atoms with van der Waals surface area (Å²) in [6, 6.07) is 12.9. The Labute approximate surface area is 118 Å². The molecular weight excluding hydrogens is 252 g/mol. The molecule has 20 heavy (non-hydrogen) atoms. The van der Waals surface area contributed by atoms with Crippen molar-refractivity contribution in [3.05, 3.63) is 60.7 Å². The van der Waals surface area contributed by atoms with Crippen molar-refractivity contribution >= 4 is 11.4 Å². The second-order valence-electron chi connectivity index (χ2n) is 4.19. The predicted molar refractivity (Wildman–Crippen MR) is 79.2 cm³/mol. The molecule has 4 heteroatoms. The summed E-state index contributed by atoms with van der Waals surface area (Å²) in [4.78, 5) is 0. The van der Waals surface area contributed by atoms with Gasteiger partial charge in [0, 0.05) is 0 Å². The van der Waals surface area contributed by atoms with E-state index >= 15 is 0 Å². The van der Waals surface area contributed by atoms with Crippen molar-refractivity contribution in [3.63, 3.8) is 0 Å². The zero-order valence-corrected chi connectivity index (χ0v) is 11.3. The fraction of sp³-hybridized carbons (Fsp3) is 0.125. The zero-order chi connectivity index (χ0) is 14.4. The quantitative estimate of drug-likeness (QED) is 0.639. The first-order valence-electron chi connectivity index (χ1n) is 6.22. The number of aromatic hydroxyl groups is 1. The third kappa shape index (κ3) is 3.23. The highest BCUT2D eigenvalue weighted by molar-refractivity contribution is 5.61. The Morgan fingerprint density at radius 3 is 2.60 bits per heavy atom. The maximum Gasteiger partial charge on any atom is 0.185 e. The number of benzene rings is 2. The number of phenols is 1. The average molecular weight is 268 g/mol. The van der Waals surface area contributed by atoms with Gasteiger partial charge >= 0.3 is 0 Å². The minimum Gasteiger partial charge on any atom is -0.503 e. The van der Waals surface area contributed by atoms with Crippen LogP contribution in [-0.4, -0.2) is 12.2 Å². The van der Waals surface area contributed by atoms with Crippen LogP contribution in [0.3, 0.4) is 0 Å². The molecule has 0 aliphatic rings. The molecule has 0 bridgehead atoms. The molecule has 0 saturated heterocycles. The molecule has 0 aromatic heterocycles. The first-order valence-corrected chi connectivity index (χ1v) is 6.22. The Morgan fingerprint density at radius 1 is 1.20 bits per heavy atom. The van der Waals surface area contributed by atoms with Gasteiger partial charge < -0.3 is 9.84 Å². The van der Waals surface area contributed by atoms with Crippen molar-refractivity contribution < 1.29 is 9.84 Å². The molecule has 0 saturated carbocycles. The van der Waals surface area contributed by atoms with Crippen LogP contribution in [0.2, 0.25) is 0 Å². The van der Waals surface area contributed by atoms with Crippen LogP contribution in [-0.2, 0) is 6.42 Å². The second kappa shape index (κ2) is 6.52. The molecule has 0 fully saturated rings. The van der Waals surface area contributed by atoms with Gasteiger partial charge in [0.25, 0.3) is 0 Å². The molecule has 1 N–H and O–H groups in total. The van der Waals surface area contributed by atoms with Crippen LogP contribution in [0.1, 0.15) is 5.56 Å². The molecule has 0 atom stereocenters. The van der Waals surface area contributed by atoms with Gasteiger partial charge in [-0.25, -0.2) is 0 Å². The highest BCUT2D eigenvalue weighted by atomic mass is 16.5. The van der Waals surface area contributed by atoms with Crippen LogP contribution in [0.15, 0.2) is 65.3 Å². The minimum absolute atomic E-state index is 0.0139. The van der Waals surface area contributed by atoms with Gasteiger partial charge in [-0.05, 0) is 36.2 Å². The summed E-state index contributed by atoms with van der Waals surface area (Å²) in [6.07, 6.45) is 2.45. The van der Waals surface area contributed by atoms with Crippen molar-refractivity contribution in [2.24, 2.45) is 10.2 Å². The molecule has 0 aliphatic carbocycles. The third-order valence-corrected chi connectivity index (χ3v) is 2.74. The van der Waals surface area contributed by atoms with Crippen molar-refractivity contribution in [2.45, 2.75) is 6.42 Å². The average Bonchev–Trinajstić information content (AvgIpc) is 2.48. The molecule has 2 aromatic rings. The fourth-order valence-electron chi connectivity index (χ4n) is 1.77. The lowest BCUT2D eigenvalue weighted by molar-refractivity contribution is 0.374. The number of nitrogens with zero attached hydrogens (tertiary/aromatic N) is 2. The van der Waals surface area contributed by atoms with E-state index in [1.165, 1.54) is 7.11 Å². The molecular formula is C16H16N2O2.